The summed E-state index contributed by atoms with van der Waals surface area (Å²) in [6.07, 6.45) is 66.5. The average Bonchev–Trinajstić information content (AvgIpc) is 3.31. The van der Waals surface area contributed by atoms with Crippen LogP contribution < -0.4 is 5.32 Å². The van der Waals surface area contributed by atoms with Crippen molar-refractivity contribution in [3.63, 3.8) is 0 Å². The first-order valence-electron chi connectivity index (χ1n) is 28.9. The van der Waals surface area contributed by atoms with Crippen LogP contribution in [0.3, 0.4) is 0 Å². The van der Waals surface area contributed by atoms with Crippen molar-refractivity contribution in [2.45, 2.75) is 327 Å². The second-order valence-corrected chi connectivity index (χ2v) is 20.0. The van der Waals surface area contributed by atoms with Crippen molar-refractivity contribution in [1.29, 1.82) is 0 Å². The van der Waals surface area contributed by atoms with Gasteiger partial charge in [0.2, 0.25) is 5.91 Å². The Morgan fingerprint density at radius 3 is 0.969 bits per heavy atom. The molecule has 0 radical (unpaired) electrons. The third-order valence-electron chi connectivity index (χ3n) is 13.6. The van der Waals surface area contributed by atoms with Gasteiger partial charge in [0.05, 0.1) is 18.8 Å². The fraction of sp³-hybridized carbons (Fsp3) is 0.881. The zero-order valence-corrected chi connectivity index (χ0v) is 43.5. The molecule has 0 aromatic heterocycles. The molecule has 0 fully saturated rings. The molecule has 0 aliphatic heterocycles. The van der Waals surface area contributed by atoms with Crippen molar-refractivity contribution < 1.29 is 25.2 Å². The molecule has 4 atom stereocenters. The van der Waals surface area contributed by atoms with Crippen molar-refractivity contribution in [3.8, 4) is 0 Å². The van der Waals surface area contributed by atoms with Gasteiger partial charge in [-0.05, 0) is 64.2 Å². The van der Waals surface area contributed by atoms with Crippen molar-refractivity contribution in [2.75, 3.05) is 6.61 Å². The molecular weight excluding hydrogens is 803 g/mol. The third-order valence-corrected chi connectivity index (χ3v) is 13.6. The third kappa shape index (κ3) is 47.4. The quantitative estimate of drug-likeness (QED) is 0.0308. The summed E-state index contributed by atoms with van der Waals surface area (Å²) >= 11 is 0. The molecule has 0 saturated carbocycles. The SMILES string of the molecule is CCCCCCCCC/C=C/CC/C=C/CC/C=C/CCCC(O)C(O)C(CO)NC(=O)C(O)CCCCCCCCCCCCCCCCCCCCCCCCCCCCCCC. The Morgan fingerprint density at radius 2 is 0.646 bits per heavy atom. The number of carbonyl (C=O) groups is 1. The number of hydrogen-bond acceptors (Lipinski definition) is 5. The van der Waals surface area contributed by atoms with E-state index in [0.717, 1.165) is 51.4 Å². The molecule has 4 unspecified atom stereocenters. The van der Waals surface area contributed by atoms with E-state index in [-0.39, 0.29) is 0 Å². The van der Waals surface area contributed by atoms with Crippen LogP contribution in [0.15, 0.2) is 36.5 Å². The van der Waals surface area contributed by atoms with Crippen LogP contribution >= 0.6 is 0 Å². The zero-order chi connectivity index (χ0) is 47.4. The predicted molar refractivity (Wildman–Crippen MR) is 284 cm³/mol. The van der Waals surface area contributed by atoms with E-state index in [0.29, 0.717) is 19.3 Å². The molecule has 0 aromatic rings. The Bertz CT molecular complexity index is 1030. The van der Waals surface area contributed by atoms with Gasteiger partial charge in [0.25, 0.3) is 0 Å². The minimum Gasteiger partial charge on any atom is -0.394 e. The van der Waals surface area contributed by atoms with Gasteiger partial charge in [-0.2, -0.15) is 0 Å². The fourth-order valence-corrected chi connectivity index (χ4v) is 9.03. The van der Waals surface area contributed by atoms with Gasteiger partial charge in [-0.15, -0.1) is 0 Å². The normalized spacial score (nSPS) is 14.0. The minimum absolute atomic E-state index is 0.362. The van der Waals surface area contributed by atoms with E-state index in [1.54, 1.807) is 0 Å². The van der Waals surface area contributed by atoms with Gasteiger partial charge in [0, 0.05) is 0 Å². The predicted octanol–water partition coefficient (Wildman–Crippen LogP) is 16.8. The van der Waals surface area contributed by atoms with Crippen LogP contribution in [0.5, 0.6) is 0 Å². The number of hydrogen-bond donors (Lipinski definition) is 5. The number of nitrogens with one attached hydrogen (secondary N) is 1. The molecule has 65 heavy (non-hydrogen) atoms. The summed E-state index contributed by atoms with van der Waals surface area (Å²) in [5.74, 6) is -0.595. The van der Waals surface area contributed by atoms with E-state index >= 15 is 0 Å². The average molecular weight is 917 g/mol. The van der Waals surface area contributed by atoms with E-state index in [9.17, 15) is 25.2 Å². The largest absolute Gasteiger partial charge is 0.394 e. The van der Waals surface area contributed by atoms with E-state index in [1.165, 1.54) is 218 Å². The molecule has 0 rings (SSSR count). The lowest BCUT2D eigenvalue weighted by Gasteiger charge is -2.27. The summed E-state index contributed by atoms with van der Waals surface area (Å²) in [5.41, 5.74) is 0. The van der Waals surface area contributed by atoms with E-state index in [2.05, 4.69) is 55.6 Å². The lowest BCUT2D eigenvalue weighted by atomic mass is 10.00. The molecular formula is C59H113NO5. The molecule has 0 bridgehead atoms. The van der Waals surface area contributed by atoms with Crippen molar-refractivity contribution in [2.24, 2.45) is 0 Å². The number of aliphatic hydroxyl groups is 4. The Morgan fingerprint density at radius 1 is 0.369 bits per heavy atom. The van der Waals surface area contributed by atoms with Crippen molar-refractivity contribution in [1.82, 2.24) is 5.32 Å². The Kier molecular flexibility index (Phi) is 52.3. The number of unbranched alkanes of at least 4 members (excludes halogenated alkanes) is 38. The Balaban J connectivity index is 3.64. The molecule has 6 nitrogen and oxygen atoms in total. The summed E-state index contributed by atoms with van der Waals surface area (Å²) in [5, 5.41) is 43.9. The summed E-state index contributed by atoms with van der Waals surface area (Å²) in [4.78, 5) is 12.6. The maximum Gasteiger partial charge on any atom is 0.249 e. The van der Waals surface area contributed by atoms with Gasteiger partial charge in [0.15, 0.2) is 0 Å². The van der Waals surface area contributed by atoms with Crippen LogP contribution in [0.1, 0.15) is 303 Å². The first-order chi connectivity index (χ1) is 32.0. The first-order valence-corrected chi connectivity index (χ1v) is 28.9. The molecule has 1 amide bonds. The standard InChI is InChI=1S/C59H113NO5/c1-3-5-7-9-11-13-15-17-19-21-23-25-26-27-28-29-30-31-32-33-35-37-39-41-43-45-47-49-51-53-57(63)59(65)60-55(54-61)58(64)56(62)52-50-48-46-44-42-40-38-36-34-24-22-20-18-16-14-12-10-8-6-4-2/h20,22,36,38,44,46,55-58,61-64H,3-19,21,23-35,37,39-43,45,47-54H2,1-2H3,(H,60,65)/b22-20+,38-36+,46-44+. The van der Waals surface area contributed by atoms with Crippen LogP contribution in [0.2, 0.25) is 0 Å². The fourth-order valence-electron chi connectivity index (χ4n) is 9.03. The highest BCUT2D eigenvalue weighted by molar-refractivity contribution is 5.80. The maximum atomic E-state index is 12.6. The number of carbonyl (C=O) groups excluding carboxylic acids is 1. The zero-order valence-electron chi connectivity index (χ0n) is 43.5. The minimum atomic E-state index is -1.29. The number of aliphatic hydroxyl groups excluding tert-OH is 4. The van der Waals surface area contributed by atoms with E-state index in [1.807, 2.05) is 0 Å². The molecule has 0 saturated heterocycles. The molecule has 6 heteroatoms. The lowest BCUT2D eigenvalue weighted by molar-refractivity contribution is -0.132. The van der Waals surface area contributed by atoms with Crippen molar-refractivity contribution >= 4 is 5.91 Å². The Hall–Kier alpha value is -1.47. The summed E-state index contributed by atoms with van der Waals surface area (Å²) in [6.45, 7) is 4.06. The maximum absolute atomic E-state index is 12.6. The molecule has 0 aromatic carbocycles. The van der Waals surface area contributed by atoms with E-state index < -0.39 is 36.9 Å². The topological polar surface area (TPSA) is 110 Å². The number of amides is 1. The molecule has 384 valence electrons. The second-order valence-electron chi connectivity index (χ2n) is 20.0. The van der Waals surface area contributed by atoms with Gasteiger partial charge in [-0.1, -0.05) is 275 Å². The van der Waals surface area contributed by atoms with Gasteiger partial charge in [-0.3, -0.25) is 4.79 Å². The van der Waals surface area contributed by atoms with Crippen LogP contribution in [0.25, 0.3) is 0 Å². The number of allylic oxidation sites excluding steroid dienone is 6. The monoisotopic (exact) mass is 916 g/mol. The summed E-state index contributed by atoms with van der Waals surface area (Å²) in [6, 6.07) is -1.01. The van der Waals surface area contributed by atoms with Crippen LogP contribution in [-0.4, -0.2) is 57.3 Å². The highest BCUT2D eigenvalue weighted by atomic mass is 16.3. The lowest BCUT2D eigenvalue weighted by Crippen LogP contribution is -2.53. The van der Waals surface area contributed by atoms with Crippen molar-refractivity contribution in [3.05, 3.63) is 36.5 Å². The highest BCUT2D eigenvalue weighted by Crippen LogP contribution is 2.18. The van der Waals surface area contributed by atoms with Crippen LogP contribution in [-0.2, 0) is 4.79 Å². The second kappa shape index (κ2) is 53.5. The smallest absolute Gasteiger partial charge is 0.249 e. The molecule has 0 spiro atoms. The molecule has 5 N–H and O–H groups in total. The highest BCUT2D eigenvalue weighted by Gasteiger charge is 2.28. The van der Waals surface area contributed by atoms with Crippen LogP contribution in [0, 0.1) is 0 Å². The number of rotatable bonds is 53. The molecule has 0 aliphatic rings. The van der Waals surface area contributed by atoms with Gasteiger partial charge in [-0.25, -0.2) is 0 Å². The Labute approximate surface area is 405 Å². The van der Waals surface area contributed by atoms with Gasteiger partial charge < -0.3 is 25.7 Å². The summed E-state index contributed by atoms with van der Waals surface area (Å²) in [7, 11) is 0. The molecule has 0 aliphatic carbocycles. The van der Waals surface area contributed by atoms with Gasteiger partial charge in [0.1, 0.15) is 12.2 Å². The first kappa shape index (κ1) is 63.5. The van der Waals surface area contributed by atoms with Gasteiger partial charge >= 0.3 is 0 Å². The summed E-state index contributed by atoms with van der Waals surface area (Å²) < 4.78 is 0. The van der Waals surface area contributed by atoms with E-state index in [4.69, 9.17) is 0 Å². The van der Waals surface area contributed by atoms with Crippen LogP contribution in [0.4, 0.5) is 0 Å². The molecule has 0 heterocycles.